The van der Waals surface area contributed by atoms with Crippen LogP contribution in [0.5, 0.6) is 11.5 Å². The lowest BCUT2D eigenvalue weighted by atomic mass is 9.84. The van der Waals surface area contributed by atoms with Crippen molar-refractivity contribution >= 4 is 0 Å². The lowest BCUT2D eigenvalue weighted by Crippen LogP contribution is -2.40. The highest BCUT2D eigenvalue weighted by Crippen LogP contribution is 2.38. The van der Waals surface area contributed by atoms with Crippen LogP contribution in [0.4, 0.5) is 0 Å². The van der Waals surface area contributed by atoms with Crippen LogP contribution >= 0.6 is 0 Å². The maximum Gasteiger partial charge on any atom is 0.161 e. The van der Waals surface area contributed by atoms with Gasteiger partial charge in [-0.3, -0.25) is 4.90 Å². The van der Waals surface area contributed by atoms with Crippen molar-refractivity contribution in [1.29, 1.82) is 0 Å². The van der Waals surface area contributed by atoms with E-state index in [0.717, 1.165) is 31.1 Å². The van der Waals surface area contributed by atoms with Crippen LogP contribution in [0.3, 0.4) is 0 Å². The standard InChI is InChI=1S/C17H28N2O2/c1-5-18-12-14-7-6-10-19(2)17(14)13-8-9-15(20-3)16(11-13)21-4/h8-9,11,14,17-18H,5-7,10,12H2,1-4H3. The van der Waals surface area contributed by atoms with Gasteiger partial charge in [0.05, 0.1) is 14.2 Å². The molecule has 2 atom stereocenters. The first-order chi connectivity index (χ1) is 10.2. The van der Waals surface area contributed by atoms with Gasteiger partial charge >= 0.3 is 0 Å². The fourth-order valence-electron chi connectivity index (χ4n) is 3.37. The molecule has 0 spiro atoms. The van der Waals surface area contributed by atoms with Gasteiger partial charge in [0.25, 0.3) is 0 Å². The second-order valence-electron chi connectivity index (χ2n) is 5.75. The minimum atomic E-state index is 0.442. The third-order valence-corrected chi connectivity index (χ3v) is 4.41. The Bertz CT molecular complexity index is 450. The molecular formula is C17H28N2O2. The van der Waals surface area contributed by atoms with Crippen molar-refractivity contribution in [3.8, 4) is 11.5 Å². The minimum absolute atomic E-state index is 0.442. The van der Waals surface area contributed by atoms with E-state index in [0.29, 0.717) is 12.0 Å². The second-order valence-corrected chi connectivity index (χ2v) is 5.75. The predicted molar refractivity (Wildman–Crippen MR) is 86.2 cm³/mol. The Labute approximate surface area is 128 Å². The molecule has 21 heavy (non-hydrogen) atoms. The zero-order valence-electron chi connectivity index (χ0n) is 13.7. The lowest BCUT2D eigenvalue weighted by molar-refractivity contribution is 0.119. The smallest absolute Gasteiger partial charge is 0.161 e. The van der Waals surface area contributed by atoms with E-state index in [1.165, 1.54) is 18.4 Å². The van der Waals surface area contributed by atoms with Crippen LogP contribution in [-0.2, 0) is 0 Å². The van der Waals surface area contributed by atoms with Crippen molar-refractivity contribution in [2.24, 2.45) is 5.92 Å². The van der Waals surface area contributed by atoms with E-state index < -0.39 is 0 Å². The summed E-state index contributed by atoms with van der Waals surface area (Å²) in [6, 6.07) is 6.76. The Morgan fingerprint density at radius 3 is 2.67 bits per heavy atom. The first kappa shape index (κ1) is 16.1. The zero-order chi connectivity index (χ0) is 15.2. The molecule has 1 aromatic carbocycles. The number of nitrogens with one attached hydrogen (secondary N) is 1. The molecule has 1 saturated heterocycles. The number of ether oxygens (including phenoxy) is 2. The monoisotopic (exact) mass is 292 g/mol. The van der Waals surface area contributed by atoms with Gasteiger partial charge < -0.3 is 14.8 Å². The molecule has 1 N–H and O–H groups in total. The summed E-state index contributed by atoms with van der Waals surface area (Å²) in [6.07, 6.45) is 2.55. The van der Waals surface area contributed by atoms with Crippen LogP contribution in [-0.4, -0.2) is 45.8 Å². The highest BCUT2D eigenvalue weighted by molar-refractivity contribution is 5.44. The summed E-state index contributed by atoms with van der Waals surface area (Å²) < 4.78 is 10.8. The Balaban J connectivity index is 2.26. The van der Waals surface area contributed by atoms with E-state index in [1.54, 1.807) is 14.2 Å². The number of hydrogen-bond donors (Lipinski definition) is 1. The molecule has 1 fully saturated rings. The first-order valence-corrected chi connectivity index (χ1v) is 7.84. The van der Waals surface area contributed by atoms with Gasteiger partial charge in [0.15, 0.2) is 11.5 Å². The van der Waals surface area contributed by atoms with Crippen LogP contribution in [0.1, 0.15) is 31.4 Å². The Hall–Kier alpha value is -1.26. The lowest BCUT2D eigenvalue weighted by Gasteiger charge is -2.40. The normalized spacial score (nSPS) is 23.0. The molecule has 0 amide bonds. The molecule has 118 valence electrons. The van der Waals surface area contributed by atoms with Crippen LogP contribution in [0.15, 0.2) is 18.2 Å². The van der Waals surface area contributed by atoms with Gasteiger partial charge in [-0.1, -0.05) is 13.0 Å². The van der Waals surface area contributed by atoms with Crippen molar-refractivity contribution in [3.05, 3.63) is 23.8 Å². The zero-order valence-corrected chi connectivity index (χ0v) is 13.7. The minimum Gasteiger partial charge on any atom is -0.493 e. The molecule has 0 aliphatic carbocycles. The number of hydrogen-bond acceptors (Lipinski definition) is 4. The molecule has 1 aliphatic rings. The molecular weight excluding hydrogens is 264 g/mol. The highest BCUT2D eigenvalue weighted by Gasteiger charge is 2.30. The quantitative estimate of drug-likeness (QED) is 0.874. The summed E-state index contributed by atoms with van der Waals surface area (Å²) in [4.78, 5) is 2.47. The maximum atomic E-state index is 5.46. The molecule has 0 aromatic heterocycles. The number of likely N-dealkylation sites (tertiary alicyclic amines) is 1. The van der Waals surface area contributed by atoms with Crippen molar-refractivity contribution in [3.63, 3.8) is 0 Å². The Morgan fingerprint density at radius 2 is 2.00 bits per heavy atom. The number of rotatable bonds is 6. The second kappa shape index (κ2) is 7.66. The maximum absolute atomic E-state index is 5.46. The van der Waals surface area contributed by atoms with Crippen molar-refractivity contribution in [2.75, 3.05) is 40.9 Å². The van der Waals surface area contributed by atoms with Crippen LogP contribution in [0.25, 0.3) is 0 Å². The number of benzene rings is 1. The predicted octanol–water partition coefficient (Wildman–Crippen LogP) is 2.70. The molecule has 2 unspecified atom stereocenters. The van der Waals surface area contributed by atoms with Gasteiger partial charge in [0, 0.05) is 6.04 Å². The molecule has 2 rings (SSSR count). The molecule has 0 saturated carbocycles. The fraction of sp³-hybridized carbons (Fsp3) is 0.647. The average molecular weight is 292 g/mol. The van der Waals surface area contributed by atoms with Gasteiger partial charge in [0.1, 0.15) is 0 Å². The van der Waals surface area contributed by atoms with Gasteiger partial charge in [-0.05, 0) is 63.1 Å². The summed E-state index contributed by atoms with van der Waals surface area (Å²) in [5.74, 6) is 2.25. The van der Waals surface area contributed by atoms with Crippen LogP contribution < -0.4 is 14.8 Å². The first-order valence-electron chi connectivity index (χ1n) is 7.84. The number of methoxy groups -OCH3 is 2. The van der Waals surface area contributed by atoms with Gasteiger partial charge in [-0.15, -0.1) is 0 Å². The van der Waals surface area contributed by atoms with E-state index in [4.69, 9.17) is 9.47 Å². The van der Waals surface area contributed by atoms with Crippen LogP contribution in [0.2, 0.25) is 0 Å². The fourth-order valence-corrected chi connectivity index (χ4v) is 3.37. The topological polar surface area (TPSA) is 33.7 Å². The average Bonchev–Trinajstić information content (AvgIpc) is 2.52. The van der Waals surface area contributed by atoms with Crippen molar-refractivity contribution in [1.82, 2.24) is 10.2 Å². The summed E-state index contributed by atoms with van der Waals surface area (Å²) in [5, 5.41) is 3.51. The van der Waals surface area contributed by atoms with Gasteiger partial charge in [-0.2, -0.15) is 0 Å². The Morgan fingerprint density at radius 1 is 1.24 bits per heavy atom. The molecule has 4 heteroatoms. The van der Waals surface area contributed by atoms with Gasteiger partial charge in [0.2, 0.25) is 0 Å². The van der Waals surface area contributed by atoms with Crippen molar-refractivity contribution in [2.45, 2.75) is 25.8 Å². The van der Waals surface area contributed by atoms with E-state index in [1.807, 2.05) is 6.07 Å². The molecule has 1 heterocycles. The third kappa shape index (κ3) is 3.69. The summed E-state index contributed by atoms with van der Waals surface area (Å²) >= 11 is 0. The highest BCUT2D eigenvalue weighted by atomic mass is 16.5. The molecule has 1 aliphatic heterocycles. The number of piperidine rings is 1. The van der Waals surface area contributed by atoms with E-state index in [9.17, 15) is 0 Å². The van der Waals surface area contributed by atoms with E-state index in [-0.39, 0.29) is 0 Å². The summed E-state index contributed by atoms with van der Waals surface area (Å²) in [7, 11) is 5.60. The SMILES string of the molecule is CCNCC1CCCN(C)C1c1ccc(OC)c(OC)c1. The van der Waals surface area contributed by atoms with E-state index >= 15 is 0 Å². The largest absolute Gasteiger partial charge is 0.493 e. The van der Waals surface area contributed by atoms with Crippen molar-refractivity contribution < 1.29 is 9.47 Å². The molecule has 4 nitrogen and oxygen atoms in total. The van der Waals surface area contributed by atoms with E-state index in [2.05, 4.69) is 36.3 Å². The summed E-state index contributed by atoms with van der Waals surface area (Å²) in [5.41, 5.74) is 1.32. The molecule has 1 aromatic rings. The third-order valence-electron chi connectivity index (χ3n) is 4.41. The molecule has 0 radical (unpaired) electrons. The summed E-state index contributed by atoms with van der Waals surface area (Å²) in [6.45, 7) is 5.41. The Kier molecular flexibility index (Phi) is 5.88. The van der Waals surface area contributed by atoms with Gasteiger partial charge in [-0.25, -0.2) is 0 Å². The van der Waals surface area contributed by atoms with Crippen LogP contribution in [0, 0.1) is 5.92 Å². The number of nitrogens with zero attached hydrogens (tertiary/aromatic N) is 1. The molecule has 0 bridgehead atoms.